The molecule has 1 aromatic carbocycles. The summed E-state index contributed by atoms with van der Waals surface area (Å²) in [4.78, 5) is 42.3. The number of amides is 3. The molecule has 1 unspecified atom stereocenters. The fraction of sp³-hybridized carbons (Fsp3) is 0.571. The Bertz CT molecular complexity index is 714. The van der Waals surface area contributed by atoms with Crippen LogP contribution in [0.25, 0.3) is 0 Å². The first-order valence-electron chi connectivity index (χ1n) is 10.3. The van der Waals surface area contributed by atoms with E-state index in [1.165, 1.54) is 0 Å². The van der Waals surface area contributed by atoms with E-state index in [9.17, 15) is 14.4 Å². The lowest BCUT2D eigenvalue weighted by molar-refractivity contribution is -0.127. The van der Waals surface area contributed by atoms with Crippen molar-refractivity contribution in [1.82, 2.24) is 15.1 Å². The van der Waals surface area contributed by atoms with E-state index in [4.69, 9.17) is 5.73 Å². The quantitative estimate of drug-likeness (QED) is 0.615. The zero-order chi connectivity index (χ0) is 20.8. The predicted molar refractivity (Wildman–Crippen MR) is 111 cm³/mol. The normalized spacial score (nSPS) is 18.8. The Kier molecular flexibility index (Phi) is 7.22. The van der Waals surface area contributed by atoms with Gasteiger partial charge in [-0.15, -0.1) is 0 Å². The molecular formula is C21H31N5O3. The minimum atomic E-state index is -0.425. The van der Waals surface area contributed by atoms with E-state index in [1.54, 1.807) is 4.90 Å². The number of primary amides is 1. The average molecular weight is 402 g/mol. The summed E-state index contributed by atoms with van der Waals surface area (Å²) in [6.45, 7) is 5.45. The molecule has 0 spiro atoms. The van der Waals surface area contributed by atoms with Crippen molar-refractivity contribution in [3.05, 3.63) is 30.3 Å². The van der Waals surface area contributed by atoms with E-state index in [0.717, 1.165) is 44.7 Å². The van der Waals surface area contributed by atoms with Crippen molar-refractivity contribution < 1.29 is 14.4 Å². The average Bonchev–Trinajstić information content (AvgIpc) is 3.52. The van der Waals surface area contributed by atoms with Crippen LogP contribution < -0.4 is 16.0 Å². The molecule has 0 bridgehead atoms. The molecule has 8 heteroatoms. The molecule has 0 radical (unpaired) electrons. The Labute approximate surface area is 172 Å². The van der Waals surface area contributed by atoms with Crippen LogP contribution in [0, 0.1) is 0 Å². The lowest BCUT2D eigenvalue weighted by Gasteiger charge is -2.37. The largest absolute Gasteiger partial charge is 0.370 e. The summed E-state index contributed by atoms with van der Waals surface area (Å²) in [7, 11) is 0. The van der Waals surface area contributed by atoms with Crippen molar-refractivity contribution in [1.29, 1.82) is 0 Å². The number of rotatable bonds is 9. The molecule has 3 amide bonds. The summed E-state index contributed by atoms with van der Waals surface area (Å²) in [6.07, 6.45) is 2.30. The zero-order valence-corrected chi connectivity index (χ0v) is 17.0. The molecule has 1 saturated carbocycles. The van der Waals surface area contributed by atoms with Crippen LogP contribution in [0.4, 0.5) is 5.69 Å². The topological polar surface area (TPSA) is 99.0 Å². The van der Waals surface area contributed by atoms with Crippen LogP contribution >= 0.6 is 0 Å². The number of carbonyl (C=O) groups excluding carboxylic acids is 3. The lowest BCUT2D eigenvalue weighted by Crippen LogP contribution is -2.55. The smallest absolute Gasteiger partial charge is 0.241 e. The Balaban J connectivity index is 1.51. The second-order valence-electron chi connectivity index (χ2n) is 7.87. The van der Waals surface area contributed by atoms with Gasteiger partial charge in [-0.3, -0.25) is 24.2 Å². The van der Waals surface area contributed by atoms with Gasteiger partial charge in [0.1, 0.15) is 0 Å². The Hall–Kier alpha value is -2.45. The third-order valence-electron chi connectivity index (χ3n) is 5.57. The van der Waals surface area contributed by atoms with Crippen molar-refractivity contribution >= 4 is 23.4 Å². The van der Waals surface area contributed by atoms with Gasteiger partial charge in [-0.05, 0) is 31.9 Å². The molecular weight excluding hydrogens is 370 g/mol. The monoisotopic (exact) mass is 401 g/mol. The Morgan fingerprint density at radius 1 is 1.14 bits per heavy atom. The summed E-state index contributed by atoms with van der Waals surface area (Å²) in [6, 6.07) is 9.56. The van der Waals surface area contributed by atoms with Crippen LogP contribution in [0.15, 0.2) is 30.3 Å². The highest BCUT2D eigenvalue weighted by Crippen LogP contribution is 2.19. The summed E-state index contributed by atoms with van der Waals surface area (Å²) in [5.41, 5.74) is 6.05. The highest BCUT2D eigenvalue weighted by atomic mass is 16.2. The van der Waals surface area contributed by atoms with Crippen LogP contribution in [-0.4, -0.2) is 78.9 Å². The van der Waals surface area contributed by atoms with Gasteiger partial charge in [0.15, 0.2) is 0 Å². The first kappa shape index (κ1) is 21.3. The number of anilines is 1. The second-order valence-corrected chi connectivity index (χ2v) is 7.87. The van der Waals surface area contributed by atoms with Gasteiger partial charge in [-0.2, -0.15) is 0 Å². The van der Waals surface area contributed by atoms with Crippen molar-refractivity contribution in [2.45, 2.75) is 38.3 Å². The van der Waals surface area contributed by atoms with Gasteiger partial charge in [0.05, 0.1) is 12.6 Å². The van der Waals surface area contributed by atoms with E-state index >= 15 is 0 Å². The molecule has 1 aliphatic carbocycles. The first-order valence-corrected chi connectivity index (χ1v) is 10.3. The molecule has 158 valence electrons. The molecule has 1 atom stereocenters. The number of carbonyl (C=O) groups is 3. The molecule has 8 nitrogen and oxygen atoms in total. The molecule has 0 aromatic heterocycles. The van der Waals surface area contributed by atoms with E-state index in [-0.39, 0.29) is 37.4 Å². The summed E-state index contributed by atoms with van der Waals surface area (Å²) >= 11 is 0. The minimum absolute atomic E-state index is 0.0505. The number of hydrogen-bond acceptors (Lipinski definition) is 5. The van der Waals surface area contributed by atoms with Crippen LogP contribution in [-0.2, 0) is 14.4 Å². The van der Waals surface area contributed by atoms with Crippen LogP contribution in [0.2, 0.25) is 0 Å². The van der Waals surface area contributed by atoms with Gasteiger partial charge in [-0.1, -0.05) is 18.2 Å². The molecule has 2 aliphatic rings. The van der Waals surface area contributed by atoms with Gasteiger partial charge in [0.2, 0.25) is 17.7 Å². The Morgan fingerprint density at radius 2 is 1.79 bits per heavy atom. The van der Waals surface area contributed by atoms with Crippen LogP contribution in [0.3, 0.4) is 0 Å². The second kappa shape index (κ2) is 9.84. The van der Waals surface area contributed by atoms with Crippen molar-refractivity contribution in [3.63, 3.8) is 0 Å². The SMILES string of the molecule is CC(C(=O)NC1CC1)N1CCN(CC(=O)N(CCC(N)=O)c2ccccc2)CC1. The molecule has 29 heavy (non-hydrogen) atoms. The van der Waals surface area contributed by atoms with Gasteiger partial charge in [0, 0.05) is 50.9 Å². The number of nitrogens with two attached hydrogens (primary N) is 1. The number of piperazine rings is 1. The van der Waals surface area contributed by atoms with Crippen LogP contribution in [0.1, 0.15) is 26.2 Å². The van der Waals surface area contributed by atoms with Crippen LogP contribution in [0.5, 0.6) is 0 Å². The fourth-order valence-electron chi connectivity index (χ4n) is 3.53. The lowest BCUT2D eigenvalue weighted by atomic mass is 10.2. The third-order valence-corrected chi connectivity index (χ3v) is 5.57. The highest BCUT2D eigenvalue weighted by Gasteiger charge is 2.30. The summed E-state index contributed by atoms with van der Waals surface area (Å²) in [5, 5.41) is 3.06. The molecule has 1 aromatic rings. The third kappa shape index (κ3) is 6.27. The highest BCUT2D eigenvalue weighted by molar-refractivity contribution is 5.95. The van der Waals surface area contributed by atoms with Gasteiger partial charge in [-0.25, -0.2) is 0 Å². The number of para-hydroxylation sites is 1. The minimum Gasteiger partial charge on any atom is -0.370 e. The number of nitrogens with one attached hydrogen (secondary N) is 1. The van der Waals surface area contributed by atoms with Crippen molar-refractivity contribution in [2.24, 2.45) is 5.73 Å². The van der Waals surface area contributed by atoms with Crippen molar-refractivity contribution in [3.8, 4) is 0 Å². The van der Waals surface area contributed by atoms with Gasteiger partial charge < -0.3 is 16.0 Å². The maximum absolute atomic E-state index is 12.9. The molecule has 3 N–H and O–H groups in total. The molecule has 3 rings (SSSR count). The van der Waals surface area contributed by atoms with Gasteiger partial charge in [0.25, 0.3) is 0 Å². The number of benzene rings is 1. The van der Waals surface area contributed by atoms with E-state index in [1.807, 2.05) is 37.3 Å². The fourth-order valence-corrected chi connectivity index (χ4v) is 3.53. The standard InChI is InChI=1S/C21H31N5O3/c1-16(21(29)23-17-7-8-17)25-13-11-24(12-14-25)15-20(28)26(10-9-19(22)27)18-5-3-2-4-6-18/h2-6,16-17H,7-15H2,1H3,(H2,22,27)(H,23,29). The number of hydrogen-bond donors (Lipinski definition) is 2. The van der Waals surface area contributed by atoms with E-state index in [0.29, 0.717) is 6.04 Å². The van der Waals surface area contributed by atoms with E-state index < -0.39 is 5.91 Å². The molecule has 1 heterocycles. The summed E-state index contributed by atoms with van der Waals surface area (Å²) in [5.74, 6) is -0.380. The predicted octanol–water partition coefficient (Wildman–Crippen LogP) is 0.180. The Morgan fingerprint density at radius 3 is 2.38 bits per heavy atom. The molecule has 1 saturated heterocycles. The van der Waals surface area contributed by atoms with Gasteiger partial charge >= 0.3 is 0 Å². The van der Waals surface area contributed by atoms with E-state index in [2.05, 4.69) is 15.1 Å². The maximum atomic E-state index is 12.9. The zero-order valence-electron chi connectivity index (χ0n) is 17.0. The first-order chi connectivity index (χ1) is 13.9. The number of nitrogens with zero attached hydrogens (tertiary/aromatic N) is 3. The summed E-state index contributed by atoms with van der Waals surface area (Å²) < 4.78 is 0. The molecule has 2 fully saturated rings. The van der Waals surface area contributed by atoms with Crippen molar-refractivity contribution in [2.75, 3.05) is 44.2 Å². The molecule has 1 aliphatic heterocycles. The maximum Gasteiger partial charge on any atom is 0.241 e.